The van der Waals surface area contributed by atoms with E-state index in [1.54, 1.807) is 6.92 Å². The number of amides is 1. The van der Waals surface area contributed by atoms with Gasteiger partial charge in [-0.2, -0.15) is 0 Å². The number of esters is 1. The van der Waals surface area contributed by atoms with Gasteiger partial charge in [-0.1, -0.05) is 11.6 Å². The highest BCUT2D eigenvalue weighted by molar-refractivity contribution is 6.30. The second-order valence-corrected chi connectivity index (χ2v) is 6.61. The quantitative estimate of drug-likeness (QED) is 0.796. The van der Waals surface area contributed by atoms with Gasteiger partial charge in [-0.25, -0.2) is 4.39 Å². The summed E-state index contributed by atoms with van der Waals surface area (Å²) in [5.74, 6) is -0.0680. The third-order valence-corrected chi connectivity index (χ3v) is 4.94. The summed E-state index contributed by atoms with van der Waals surface area (Å²) < 4.78 is 23.6. The van der Waals surface area contributed by atoms with Gasteiger partial charge in [0.15, 0.2) is 6.61 Å². The second-order valence-electron chi connectivity index (χ2n) is 6.21. The summed E-state index contributed by atoms with van der Waals surface area (Å²) in [6.45, 7) is 2.01. The molecule has 2 fully saturated rings. The molecule has 7 heteroatoms. The van der Waals surface area contributed by atoms with Crippen LogP contribution >= 0.6 is 11.6 Å². The summed E-state index contributed by atoms with van der Waals surface area (Å²) in [5.41, 5.74) is 0. The first-order valence-electron chi connectivity index (χ1n) is 8.03. The number of fused-ring (bicyclic) bond motifs is 1. The van der Waals surface area contributed by atoms with E-state index in [1.807, 2.05) is 0 Å². The Morgan fingerprint density at radius 3 is 2.67 bits per heavy atom. The number of ether oxygens (including phenoxy) is 2. The largest absolute Gasteiger partial charge is 0.484 e. The summed E-state index contributed by atoms with van der Waals surface area (Å²) >= 11 is 5.59. The molecule has 2 atom stereocenters. The van der Waals surface area contributed by atoms with E-state index in [0.717, 1.165) is 18.9 Å². The van der Waals surface area contributed by atoms with Crippen LogP contribution in [0.4, 0.5) is 4.39 Å². The van der Waals surface area contributed by atoms with Crippen molar-refractivity contribution in [2.45, 2.75) is 25.8 Å². The number of carbonyl (C=O) groups is 2. The van der Waals surface area contributed by atoms with Crippen molar-refractivity contribution >= 4 is 23.5 Å². The zero-order chi connectivity index (χ0) is 17.3. The van der Waals surface area contributed by atoms with Crippen LogP contribution < -0.4 is 10.1 Å². The van der Waals surface area contributed by atoms with E-state index in [1.165, 1.54) is 12.1 Å². The molecule has 3 rings (SSSR count). The summed E-state index contributed by atoms with van der Waals surface area (Å²) in [7, 11) is 0. The van der Waals surface area contributed by atoms with Crippen molar-refractivity contribution in [2.75, 3.05) is 13.2 Å². The Labute approximate surface area is 144 Å². The van der Waals surface area contributed by atoms with Crippen LogP contribution in [0, 0.1) is 23.6 Å². The highest BCUT2D eigenvalue weighted by Gasteiger charge is 2.60. The zero-order valence-electron chi connectivity index (χ0n) is 13.3. The van der Waals surface area contributed by atoms with Crippen molar-refractivity contribution in [3.05, 3.63) is 29.0 Å². The molecule has 2 aliphatic carbocycles. The summed E-state index contributed by atoms with van der Waals surface area (Å²) in [5, 5.41) is 2.90. The fourth-order valence-corrected chi connectivity index (χ4v) is 3.65. The van der Waals surface area contributed by atoms with E-state index in [2.05, 4.69) is 5.32 Å². The van der Waals surface area contributed by atoms with E-state index in [0.29, 0.717) is 18.4 Å². The molecule has 0 spiro atoms. The van der Waals surface area contributed by atoms with Crippen molar-refractivity contribution in [3.63, 3.8) is 0 Å². The first-order valence-corrected chi connectivity index (χ1v) is 8.41. The first kappa shape index (κ1) is 17.0. The van der Waals surface area contributed by atoms with Crippen molar-refractivity contribution in [3.8, 4) is 5.75 Å². The average Bonchev–Trinajstić information content (AvgIpc) is 3.05. The number of hydrogen-bond donors (Lipinski definition) is 1. The van der Waals surface area contributed by atoms with Crippen LogP contribution in [0.2, 0.25) is 5.02 Å². The zero-order valence-corrected chi connectivity index (χ0v) is 14.0. The van der Waals surface area contributed by atoms with Gasteiger partial charge in [-0.15, -0.1) is 0 Å². The molecule has 5 nitrogen and oxygen atoms in total. The number of benzene rings is 1. The minimum Gasteiger partial charge on any atom is -0.484 e. The fourth-order valence-electron chi connectivity index (χ4n) is 3.53. The number of carbonyl (C=O) groups excluding carboxylic acids is 2. The van der Waals surface area contributed by atoms with E-state index in [4.69, 9.17) is 21.1 Å². The van der Waals surface area contributed by atoms with Gasteiger partial charge < -0.3 is 14.8 Å². The molecule has 1 N–H and O–H groups in total. The van der Waals surface area contributed by atoms with Crippen LogP contribution in [-0.2, 0) is 14.3 Å². The molecule has 1 aromatic carbocycles. The van der Waals surface area contributed by atoms with Crippen LogP contribution in [0.15, 0.2) is 18.2 Å². The molecule has 0 bridgehead atoms. The molecule has 2 saturated carbocycles. The lowest BCUT2D eigenvalue weighted by atomic mass is 10.1. The molecule has 1 amide bonds. The Balaban J connectivity index is 1.40. The second kappa shape index (κ2) is 6.97. The predicted octanol–water partition coefficient (Wildman–Crippen LogP) is 2.56. The molecule has 0 radical (unpaired) electrons. The van der Waals surface area contributed by atoms with Crippen LogP contribution in [-0.4, -0.2) is 31.1 Å². The summed E-state index contributed by atoms with van der Waals surface area (Å²) in [6, 6.07) is 4.09. The molecular formula is C17H19ClFNO4. The van der Waals surface area contributed by atoms with E-state index < -0.39 is 5.82 Å². The van der Waals surface area contributed by atoms with Crippen LogP contribution in [0.3, 0.4) is 0 Å². The maximum Gasteiger partial charge on any atom is 0.309 e. The maximum absolute atomic E-state index is 13.3. The predicted molar refractivity (Wildman–Crippen MR) is 85.2 cm³/mol. The average molecular weight is 356 g/mol. The third-order valence-electron chi connectivity index (χ3n) is 4.63. The minimum atomic E-state index is -0.588. The lowest BCUT2D eigenvalue weighted by molar-refractivity contribution is -0.145. The van der Waals surface area contributed by atoms with Gasteiger partial charge in [0, 0.05) is 12.1 Å². The minimum absolute atomic E-state index is 0.00592. The molecule has 0 aliphatic heterocycles. The third kappa shape index (κ3) is 3.64. The van der Waals surface area contributed by atoms with Gasteiger partial charge in [0.25, 0.3) is 5.91 Å². The lowest BCUT2D eigenvalue weighted by Crippen LogP contribution is -2.37. The van der Waals surface area contributed by atoms with Crippen LogP contribution in [0.25, 0.3) is 0 Å². The van der Waals surface area contributed by atoms with Gasteiger partial charge in [-0.05, 0) is 43.7 Å². The van der Waals surface area contributed by atoms with Gasteiger partial charge in [0.1, 0.15) is 11.6 Å². The van der Waals surface area contributed by atoms with Crippen LogP contribution in [0.1, 0.15) is 19.8 Å². The molecule has 1 aromatic rings. The van der Waals surface area contributed by atoms with Gasteiger partial charge in [0.2, 0.25) is 0 Å². The number of nitrogens with one attached hydrogen (secondary N) is 1. The van der Waals surface area contributed by atoms with E-state index >= 15 is 0 Å². The van der Waals surface area contributed by atoms with Crippen molar-refractivity contribution in [1.29, 1.82) is 0 Å². The van der Waals surface area contributed by atoms with Crippen molar-refractivity contribution in [2.24, 2.45) is 17.8 Å². The Morgan fingerprint density at radius 1 is 1.33 bits per heavy atom. The molecule has 0 saturated heterocycles. The topological polar surface area (TPSA) is 64.6 Å². The summed E-state index contributed by atoms with van der Waals surface area (Å²) in [4.78, 5) is 23.6. The Bertz CT molecular complexity index is 641. The van der Waals surface area contributed by atoms with E-state index in [-0.39, 0.29) is 41.2 Å². The Morgan fingerprint density at radius 2 is 2.04 bits per heavy atom. The molecule has 24 heavy (non-hydrogen) atoms. The molecule has 0 aromatic heterocycles. The lowest BCUT2D eigenvalue weighted by Gasteiger charge is -2.16. The van der Waals surface area contributed by atoms with Crippen molar-refractivity contribution in [1.82, 2.24) is 5.32 Å². The highest BCUT2D eigenvalue weighted by Crippen LogP contribution is 2.57. The Hall–Kier alpha value is -1.82. The smallest absolute Gasteiger partial charge is 0.309 e. The molecule has 2 aliphatic rings. The summed E-state index contributed by atoms with van der Waals surface area (Å²) in [6.07, 6.45) is 1.57. The maximum atomic E-state index is 13.3. The number of halogens is 2. The standard InChI is InChI=1S/C17H19ClFNO4/c1-2-23-17(22)16-11-5-9(6-12(11)16)20-15(21)8-24-10-3-4-13(18)14(19)7-10/h3-4,7,9,11-12,16H,2,5-6,8H2,1H3,(H,20,21). The highest BCUT2D eigenvalue weighted by atomic mass is 35.5. The molecule has 130 valence electrons. The van der Waals surface area contributed by atoms with Crippen molar-refractivity contribution < 1.29 is 23.5 Å². The van der Waals surface area contributed by atoms with Gasteiger partial charge in [-0.3, -0.25) is 9.59 Å². The van der Waals surface area contributed by atoms with Crippen LogP contribution in [0.5, 0.6) is 5.75 Å². The van der Waals surface area contributed by atoms with Gasteiger partial charge in [0.05, 0.1) is 17.5 Å². The SMILES string of the molecule is CCOC(=O)C1C2CC(NC(=O)COc3ccc(Cl)c(F)c3)CC21. The number of hydrogen-bond acceptors (Lipinski definition) is 4. The molecular weight excluding hydrogens is 337 g/mol. The monoisotopic (exact) mass is 355 g/mol. The molecule has 2 unspecified atom stereocenters. The van der Waals surface area contributed by atoms with E-state index in [9.17, 15) is 14.0 Å². The first-order chi connectivity index (χ1) is 11.5. The fraction of sp³-hybridized carbons (Fsp3) is 0.529. The van der Waals surface area contributed by atoms with Gasteiger partial charge >= 0.3 is 5.97 Å². The normalized spacial score (nSPS) is 27.3. The Kier molecular flexibility index (Phi) is 4.94. The number of rotatable bonds is 6. The molecule has 0 heterocycles.